The van der Waals surface area contributed by atoms with E-state index in [2.05, 4.69) is 15.3 Å². The van der Waals surface area contributed by atoms with Gasteiger partial charge in [-0.1, -0.05) is 0 Å². The molecule has 2 aromatic heterocycles. The van der Waals surface area contributed by atoms with E-state index in [1.165, 1.54) is 36.8 Å². The molecule has 0 fully saturated rings. The molecule has 1 N–H and O–H groups in total. The molecule has 0 aromatic carbocycles. The quantitative estimate of drug-likeness (QED) is 0.653. The number of carbonyl (C=O) groups excluding carboxylic acids is 1. The number of hydrogen-bond acceptors (Lipinski definition) is 5. The molecule has 1 amide bonds. The van der Waals surface area contributed by atoms with E-state index in [0.717, 1.165) is 6.20 Å². The van der Waals surface area contributed by atoms with Gasteiger partial charge in [-0.25, -0.2) is 0 Å². The number of rotatable bonds is 3. The fourth-order valence-corrected chi connectivity index (χ4v) is 1.34. The van der Waals surface area contributed by atoms with Crippen LogP contribution in [0.25, 0.3) is 0 Å². The van der Waals surface area contributed by atoms with Crippen LogP contribution in [-0.4, -0.2) is 20.8 Å². The summed E-state index contributed by atoms with van der Waals surface area (Å²) in [6.07, 6.45) is 5.39. The number of carbonyl (C=O) groups is 1. The Hall–Kier alpha value is -2.83. The normalized spacial score (nSPS) is 9.78. The van der Waals surface area contributed by atoms with Gasteiger partial charge < -0.3 is 5.32 Å². The summed E-state index contributed by atoms with van der Waals surface area (Å²) in [4.78, 5) is 29.4. The molecule has 18 heavy (non-hydrogen) atoms. The number of pyridine rings is 2. The number of nitrogens with zero attached hydrogens (tertiary/aromatic N) is 3. The summed E-state index contributed by atoms with van der Waals surface area (Å²) >= 11 is 0. The zero-order valence-electron chi connectivity index (χ0n) is 9.11. The molecule has 0 saturated carbocycles. The Kier molecular flexibility index (Phi) is 3.24. The van der Waals surface area contributed by atoms with Gasteiger partial charge >= 0.3 is 5.69 Å². The summed E-state index contributed by atoms with van der Waals surface area (Å²) in [5.41, 5.74) is 0.229. The van der Waals surface area contributed by atoms with E-state index in [-0.39, 0.29) is 11.4 Å². The third kappa shape index (κ3) is 2.46. The minimum atomic E-state index is -0.602. The molecule has 0 bridgehead atoms. The number of anilines is 1. The van der Waals surface area contributed by atoms with Crippen molar-refractivity contribution in [3.63, 3.8) is 0 Å². The Morgan fingerprint density at radius 3 is 2.50 bits per heavy atom. The Labute approximate surface area is 102 Å². The van der Waals surface area contributed by atoms with E-state index < -0.39 is 10.8 Å². The summed E-state index contributed by atoms with van der Waals surface area (Å²) in [5, 5.41) is 13.2. The highest BCUT2D eigenvalue weighted by atomic mass is 16.6. The van der Waals surface area contributed by atoms with Crippen molar-refractivity contribution in [2.75, 3.05) is 5.32 Å². The van der Waals surface area contributed by atoms with Crippen molar-refractivity contribution < 1.29 is 9.72 Å². The van der Waals surface area contributed by atoms with Crippen molar-refractivity contribution in [1.82, 2.24) is 9.97 Å². The molecule has 0 unspecified atom stereocenters. The lowest BCUT2D eigenvalue weighted by atomic mass is 10.2. The van der Waals surface area contributed by atoms with Crippen LogP contribution in [0.2, 0.25) is 0 Å². The van der Waals surface area contributed by atoms with E-state index in [1.54, 1.807) is 0 Å². The van der Waals surface area contributed by atoms with Crippen molar-refractivity contribution in [1.29, 1.82) is 0 Å². The molecule has 7 nitrogen and oxygen atoms in total. The Morgan fingerprint density at radius 1 is 1.17 bits per heavy atom. The predicted molar refractivity (Wildman–Crippen MR) is 63.1 cm³/mol. The zero-order valence-corrected chi connectivity index (χ0v) is 9.11. The second-order valence-corrected chi connectivity index (χ2v) is 3.34. The first-order valence-electron chi connectivity index (χ1n) is 4.98. The average molecular weight is 244 g/mol. The van der Waals surface area contributed by atoms with Gasteiger partial charge in [0, 0.05) is 24.2 Å². The molecule has 2 aromatic rings. The van der Waals surface area contributed by atoms with E-state index in [9.17, 15) is 14.9 Å². The third-order valence-electron chi connectivity index (χ3n) is 2.19. The van der Waals surface area contributed by atoms with Gasteiger partial charge in [-0.15, -0.1) is 0 Å². The SMILES string of the molecule is O=C(Nc1ccncc1[N+](=O)[O-])c1ccncc1. The number of nitrogens with one attached hydrogen (secondary N) is 1. The lowest BCUT2D eigenvalue weighted by Gasteiger charge is -2.04. The minimum absolute atomic E-state index is 0.108. The van der Waals surface area contributed by atoms with Gasteiger partial charge in [-0.05, 0) is 18.2 Å². The van der Waals surface area contributed by atoms with Crippen molar-refractivity contribution >= 4 is 17.3 Å². The van der Waals surface area contributed by atoms with Crippen LogP contribution in [0.3, 0.4) is 0 Å². The molecular weight excluding hydrogens is 236 g/mol. The van der Waals surface area contributed by atoms with Crippen LogP contribution in [0.5, 0.6) is 0 Å². The first kappa shape index (κ1) is 11.6. The molecule has 7 heteroatoms. The maximum atomic E-state index is 11.8. The number of aromatic nitrogens is 2. The van der Waals surface area contributed by atoms with E-state index in [0.29, 0.717) is 5.56 Å². The van der Waals surface area contributed by atoms with Crippen molar-refractivity contribution in [3.8, 4) is 0 Å². The lowest BCUT2D eigenvalue weighted by Crippen LogP contribution is -2.13. The molecule has 0 radical (unpaired) electrons. The second kappa shape index (κ2) is 5.00. The highest BCUT2D eigenvalue weighted by molar-refractivity contribution is 6.05. The molecule has 2 heterocycles. The van der Waals surface area contributed by atoms with Crippen molar-refractivity contribution in [3.05, 3.63) is 58.7 Å². The Bertz CT molecular complexity index is 586. The van der Waals surface area contributed by atoms with Crippen LogP contribution in [-0.2, 0) is 0 Å². The van der Waals surface area contributed by atoms with E-state index in [1.807, 2.05) is 0 Å². The standard InChI is InChI=1S/C11H8N4O3/c16-11(8-1-4-12-5-2-8)14-9-3-6-13-7-10(9)15(17)18/h1-7H,(H,13,14,16). The topological polar surface area (TPSA) is 98.0 Å². The third-order valence-corrected chi connectivity index (χ3v) is 2.19. The molecule has 90 valence electrons. The van der Waals surface area contributed by atoms with Crippen molar-refractivity contribution in [2.45, 2.75) is 0 Å². The van der Waals surface area contributed by atoms with Crippen LogP contribution < -0.4 is 5.32 Å². The fourth-order valence-electron chi connectivity index (χ4n) is 1.34. The average Bonchev–Trinajstić information content (AvgIpc) is 2.40. The largest absolute Gasteiger partial charge is 0.316 e. The molecule has 0 aliphatic heterocycles. The van der Waals surface area contributed by atoms with Gasteiger partial charge in [0.05, 0.1) is 4.92 Å². The maximum Gasteiger partial charge on any atom is 0.310 e. The molecule has 2 rings (SSSR count). The predicted octanol–water partition coefficient (Wildman–Crippen LogP) is 1.64. The smallest absolute Gasteiger partial charge is 0.310 e. The van der Waals surface area contributed by atoms with Gasteiger partial charge in [-0.3, -0.25) is 24.9 Å². The highest BCUT2D eigenvalue weighted by Crippen LogP contribution is 2.22. The molecule has 0 spiro atoms. The number of nitro groups is 1. The summed E-state index contributed by atoms with van der Waals surface area (Å²) in [6, 6.07) is 4.40. The highest BCUT2D eigenvalue weighted by Gasteiger charge is 2.16. The monoisotopic (exact) mass is 244 g/mol. The first-order chi connectivity index (χ1) is 8.68. The van der Waals surface area contributed by atoms with Crippen molar-refractivity contribution in [2.24, 2.45) is 0 Å². The minimum Gasteiger partial charge on any atom is -0.316 e. The molecule has 0 saturated heterocycles. The maximum absolute atomic E-state index is 11.8. The molecule has 0 aliphatic rings. The second-order valence-electron chi connectivity index (χ2n) is 3.34. The van der Waals surface area contributed by atoms with Crippen LogP contribution >= 0.6 is 0 Å². The fraction of sp³-hybridized carbons (Fsp3) is 0. The van der Waals surface area contributed by atoms with E-state index in [4.69, 9.17) is 0 Å². The molecule has 0 atom stereocenters. The first-order valence-corrected chi connectivity index (χ1v) is 4.98. The van der Waals surface area contributed by atoms with Gasteiger partial charge in [0.25, 0.3) is 5.91 Å². The summed E-state index contributed by atoms with van der Waals surface area (Å²) in [5.74, 6) is -0.438. The van der Waals surface area contributed by atoms with Gasteiger partial charge in [0.15, 0.2) is 0 Å². The van der Waals surface area contributed by atoms with Crippen LogP contribution in [0.15, 0.2) is 43.0 Å². The van der Waals surface area contributed by atoms with Crippen LogP contribution in [0, 0.1) is 10.1 Å². The van der Waals surface area contributed by atoms with Crippen LogP contribution in [0.4, 0.5) is 11.4 Å². The Morgan fingerprint density at radius 2 is 1.83 bits per heavy atom. The van der Waals surface area contributed by atoms with Gasteiger partial charge in [0.2, 0.25) is 0 Å². The summed E-state index contributed by atoms with van der Waals surface area (Å²) in [6.45, 7) is 0. The zero-order chi connectivity index (χ0) is 13.0. The summed E-state index contributed by atoms with van der Waals surface area (Å²) in [7, 11) is 0. The van der Waals surface area contributed by atoms with Crippen LogP contribution in [0.1, 0.15) is 10.4 Å². The lowest BCUT2D eigenvalue weighted by molar-refractivity contribution is -0.384. The summed E-state index contributed by atoms with van der Waals surface area (Å²) < 4.78 is 0. The Balaban J connectivity index is 2.25. The van der Waals surface area contributed by atoms with E-state index >= 15 is 0 Å². The molecule has 0 aliphatic carbocycles. The molecular formula is C11H8N4O3. The van der Waals surface area contributed by atoms with Gasteiger partial charge in [-0.2, -0.15) is 0 Å². The number of hydrogen-bond donors (Lipinski definition) is 1. The van der Waals surface area contributed by atoms with Gasteiger partial charge in [0.1, 0.15) is 11.9 Å². The number of amides is 1.